The van der Waals surface area contributed by atoms with Gasteiger partial charge in [0.2, 0.25) is 0 Å². The van der Waals surface area contributed by atoms with Crippen LogP contribution in [0.4, 0.5) is 0 Å². The minimum absolute atomic E-state index is 0. The number of thiophene rings is 2. The summed E-state index contributed by atoms with van der Waals surface area (Å²) in [7, 11) is 0. The van der Waals surface area contributed by atoms with E-state index in [0.29, 0.717) is 0 Å². The van der Waals surface area contributed by atoms with Gasteiger partial charge in [-0.1, -0.05) is 102 Å². The summed E-state index contributed by atoms with van der Waals surface area (Å²) in [5.74, 6) is 0.0992. The molecule has 0 fully saturated rings. The topological polar surface area (TPSA) is 123 Å². The van der Waals surface area contributed by atoms with Gasteiger partial charge in [-0.3, -0.25) is 14.8 Å². The molecule has 0 aliphatic rings. The predicted octanol–water partition coefficient (Wildman–Crippen LogP) is 13.8. The maximum absolute atomic E-state index is 11.7. The van der Waals surface area contributed by atoms with Crippen LogP contribution in [0.2, 0.25) is 0 Å². The number of thiocarbonyl (C=S) groups is 3. The predicted molar refractivity (Wildman–Crippen MR) is 255 cm³/mol. The molecule has 5 aromatic rings. The van der Waals surface area contributed by atoms with Gasteiger partial charge >= 0.3 is 19.5 Å². The van der Waals surface area contributed by atoms with Crippen LogP contribution in [0.1, 0.15) is 95.7 Å². The summed E-state index contributed by atoms with van der Waals surface area (Å²) in [4.78, 5) is 29.6. The fourth-order valence-corrected chi connectivity index (χ4v) is 7.88. The van der Waals surface area contributed by atoms with E-state index in [1.807, 2.05) is 48.5 Å². The van der Waals surface area contributed by atoms with E-state index in [0.717, 1.165) is 47.8 Å². The Bertz CT molecular complexity index is 1840. The van der Waals surface area contributed by atoms with Gasteiger partial charge in [0.25, 0.3) is 0 Å². The molecule has 0 saturated carbocycles. The molecule has 308 valence electrons. The molecule has 0 amide bonds. The molecular weight excluding hydrogens is 904 g/mol. The molecule has 5 heterocycles. The number of hydrogen-bond acceptors (Lipinski definition) is 9. The van der Waals surface area contributed by atoms with Crippen LogP contribution < -0.4 is 0 Å². The average Bonchev–Trinajstić information content (AvgIpc) is 3.94. The maximum Gasteiger partial charge on any atom is 2.00 e. The fourth-order valence-electron chi connectivity index (χ4n) is 5.89. The van der Waals surface area contributed by atoms with Crippen LogP contribution in [0.15, 0.2) is 85.2 Å². The van der Waals surface area contributed by atoms with E-state index >= 15 is 0 Å². The Hall–Kier alpha value is -3.50. The molecule has 0 spiro atoms. The zero-order valence-electron chi connectivity index (χ0n) is 34.0. The van der Waals surface area contributed by atoms with Crippen LogP contribution in [-0.4, -0.2) is 66.9 Å². The van der Waals surface area contributed by atoms with Crippen molar-refractivity contribution in [3.63, 3.8) is 0 Å². The number of ketones is 1. The van der Waals surface area contributed by atoms with E-state index in [4.69, 9.17) is 21.2 Å². The van der Waals surface area contributed by atoms with Gasteiger partial charge in [0, 0.05) is 27.0 Å². The Morgan fingerprint density at radius 2 is 0.983 bits per heavy atom. The molecule has 0 saturated heterocycles. The Kier molecular flexibility index (Phi) is 31.3. The minimum atomic E-state index is 0. The second-order valence-electron chi connectivity index (χ2n) is 12.9. The molecular formula is C44H53N7ORuS5. The van der Waals surface area contributed by atoms with E-state index in [-0.39, 0.29) is 25.3 Å². The number of unbranched alkanes of at least 4 members (excludes halogenated alkanes) is 4. The van der Waals surface area contributed by atoms with Crippen molar-refractivity contribution in [2.75, 3.05) is 26.2 Å². The molecule has 0 radical (unpaired) electrons. The van der Waals surface area contributed by atoms with Crippen LogP contribution in [0.3, 0.4) is 0 Å². The molecule has 14 heteroatoms. The fraction of sp³-hybridized carbons (Fsp3) is 0.386. The van der Waals surface area contributed by atoms with Crippen LogP contribution in [-0.2, 0) is 19.5 Å². The standard InChI is InChI=1S/C25H17N3OS2.C16H36N.3CNS.Ru/c1-16(29)22-8-10-24(30-22)25-11-9-23(31-25)17-14-20(18-6-2-4-12-26-18)28-21(15-17)19-7-3-5-13-27-19;1-5-9-13-17(14-10-6-2,15-11-7-3)16-12-8-4;3*2-1-3;/h2-15H,1H3;5-16H2,1-4H3;;;;/q;+1;3*-1;+2. The number of hydrogen-bond donors (Lipinski definition) is 0. The van der Waals surface area contributed by atoms with Crippen molar-refractivity contribution >= 4 is 80.6 Å². The van der Waals surface area contributed by atoms with E-state index in [1.165, 1.54) is 109 Å². The summed E-state index contributed by atoms with van der Waals surface area (Å²) < 4.78 is 1.42. The molecule has 58 heavy (non-hydrogen) atoms. The largest absolute Gasteiger partial charge is 2.00 e. The van der Waals surface area contributed by atoms with Gasteiger partial charge in [-0.25, -0.2) is 4.98 Å². The third kappa shape index (κ3) is 20.5. The average molecular weight is 957 g/mol. The number of quaternary nitrogens is 1. The van der Waals surface area contributed by atoms with Gasteiger partial charge in [0.15, 0.2) is 5.78 Å². The molecule has 8 nitrogen and oxygen atoms in total. The van der Waals surface area contributed by atoms with Gasteiger partial charge < -0.3 is 20.7 Å². The van der Waals surface area contributed by atoms with Crippen LogP contribution >= 0.6 is 59.3 Å². The number of carbonyl (C=O) groups is 1. The summed E-state index contributed by atoms with van der Waals surface area (Å²) in [5, 5.41) is 25.4. The maximum atomic E-state index is 11.7. The van der Waals surface area contributed by atoms with Crippen LogP contribution in [0.25, 0.3) is 59.2 Å². The number of pyridine rings is 3. The number of Topliss-reactive ketones (excluding diaryl/α,β-unsaturated/α-hetero) is 1. The molecule has 0 atom stereocenters. The normalized spacial score (nSPS) is 9.74. The van der Waals surface area contributed by atoms with Crippen molar-refractivity contribution in [3.05, 3.63) is 106 Å². The molecule has 0 N–H and O–H groups in total. The molecule has 0 bridgehead atoms. The van der Waals surface area contributed by atoms with Crippen molar-refractivity contribution < 1.29 is 28.8 Å². The molecule has 5 aromatic heterocycles. The number of aromatic nitrogens is 3. The Morgan fingerprint density at radius 1 is 0.603 bits per heavy atom. The van der Waals surface area contributed by atoms with Crippen LogP contribution in [0.5, 0.6) is 0 Å². The third-order valence-electron chi connectivity index (χ3n) is 8.71. The summed E-state index contributed by atoms with van der Waals surface area (Å²) in [6.07, 6.45) is 14.6. The number of rotatable bonds is 17. The first-order valence-corrected chi connectivity index (χ1v) is 22.0. The SMILES string of the molecule is CC(=O)c1ccc(-c2ccc(-c3cc(-c4ccccn4)nc(-c4ccccn4)c3)s2)s1.CCCC[N+](CCCC)(CCCC)CCCC.[N-]=C=S.[N-]=C=S.[N-]=C=S.[Ru+2]. The van der Waals surface area contributed by atoms with Crippen molar-refractivity contribution in [3.8, 4) is 43.0 Å². The molecule has 0 unspecified atom stereocenters. The minimum Gasteiger partial charge on any atom is -0.753 e. The summed E-state index contributed by atoms with van der Waals surface area (Å²) in [6, 6.07) is 23.9. The van der Waals surface area contributed by atoms with Gasteiger partial charge in [-0.15, -0.1) is 22.7 Å². The van der Waals surface area contributed by atoms with E-state index in [9.17, 15) is 4.79 Å². The first-order valence-electron chi connectivity index (χ1n) is 19.1. The van der Waals surface area contributed by atoms with E-state index in [2.05, 4.69) is 98.6 Å². The Labute approximate surface area is 382 Å². The van der Waals surface area contributed by atoms with Gasteiger partial charge in [-0.05, 0) is 98.8 Å². The van der Waals surface area contributed by atoms with Crippen molar-refractivity contribution in [1.29, 1.82) is 0 Å². The molecule has 0 aliphatic heterocycles. The number of isothiocyanates is 3. The summed E-state index contributed by atoms with van der Waals surface area (Å²) in [5.41, 5.74) is 4.33. The summed E-state index contributed by atoms with van der Waals surface area (Å²) in [6.45, 7) is 16.6. The Balaban J connectivity index is 0.00000102. The smallest absolute Gasteiger partial charge is 0.753 e. The first kappa shape index (κ1) is 54.5. The monoisotopic (exact) mass is 957 g/mol. The molecule has 0 aromatic carbocycles. The van der Waals surface area contributed by atoms with Crippen LogP contribution in [0, 0.1) is 0 Å². The molecule has 5 rings (SSSR count). The number of carbonyl (C=O) groups excluding carboxylic acids is 1. The quantitative estimate of drug-likeness (QED) is 0.0299. The third-order valence-corrected chi connectivity index (χ3v) is 11.2. The van der Waals surface area contributed by atoms with Crippen molar-refractivity contribution in [1.82, 2.24) is 15.0 Å². The zero-order chi connectivity index (χ0) is 42.3. The first-order chi connectivity index (χ1) is 27.7. The summed E-state index contributed by atoms with van der Waals surface area (Å²) >= 11 is 14.3. The van der Waals surface area contributed by atoms with Gasteiger partial charge in [0.05, 0.1) is 53.8 Å². The van der Waals surface area contributed by atoms with Crippen molar-refractivity contribution in [2.45, 2.75) is 86.0 Å². The van der Waals surface area contributed by atoms with E-state index < -0.39 is 0 Å². The van der Waals surface area contributed by atoms with Crippen molar-refractivity contribution in [2.24, 2.45) is 0 Å². The zero-order valence-corrected chi connectivity index (χ0v) is 39.8. The Morgan fingerprint density at radius 3 is 1.33 bits per heavy atom. The van der Waals surface area contributed by atoms with E-state index in [1.54, 1.807) is 30.7 Å². The second kappa shape index (κ2) is 33.3. The van der Waals surface area contributed by atoms with Gasteiger partial charge in [0.1, 0.15) is 0 Å². The molecule has 0 aliphatic carbocycles. The second-order valence-corrected chi connectivity index (χ2v) is 15.6. The number of nitrogens with zero attached hydrogens (tertiary/aromatic N) is 7. The van der Waals surface area contributed by atoms with Gasteiger partial charge in [-0.2, -0.15) is 15.5 Å².